The number of rotatable bonds is 11. The zero-order valence-electron chi connectivity index (χ0n) is 26.7. The number of nitrogens with zero attached hydrogens (tertiary/aromatic N) is 1. The SMILES string of the molecule is CCC(C)(CC(C)(C)N[C@H](C)c1cccc2ccccc12)C(=O)N(Cc1ccc(C(F)(F)F)cc1)Cc1ccc(C(F)(F)F)cc1. The summed E-state index contributed by atoms with van der Waals surface area (Å²) in [6.45, 7) is 9.92. The molecule has 0 heterocycles. The van der Waals surface area contributed by atoms with E-state index in [1.54, 1.807) is 0 Å². The fourth-order valence-corrected chi connectivity index (χ4v) is 6.29. The van der Waals surface area contributed by atoms with Gasteiger partial charge in [0.15, 0.2) is 0 Å². The highest BCUT2D eigenvalue weighted by atomic mass is 19.4. The van der Waals surface area contributed by atoms with Crippen LogP contribution in [0, 0.1) is 5.41 Å². The molecule has 0 fully saturated rings. The highest BCUT2D eigenvalue weighted by Crippen LogP contribution is 2.37. The van der Waals surface area contributed by atoms with Crippen molar-refractivity contribution in [3.8, 4) is 0 Å². The van der Waals surface area contributed by atoms with Crippen LogP contribution in [0.15, 0.2) is 91.0 Å². The molecule has 1 amide bonds. The van der Waals surface area contributed by atoms with Gasteiger partial charge in [0.05, 0.1) is 11.1 Å². The van der Waals surface area contributed by atoms with E-state index in [1.807, 2.05) is 45.9 Å². The third kappa shape index (κ3) is 8.49. The van der Waals surface area contributed by atoms with Gasteiger partial charge in [-0.3, -0.25) is 4.79 Å². The van der Waals surface area contributed by atoms with Gasteiger partial charge in [-0.05, 0) is 85.3 Å². The van der Waals surface area contributed by atoms with Crippen LogP contribution in [0.5, 0.6) is 0 Å². The highest BCUT2D eigenvalue weighted by Gasteiger charge is 2.41. The Morgan fingerprint density at radius 3 is 1.67 bits per heavy atom. The molecule has 0 saturated heterocycles. The monoisotopic (exact) mass is 642 g/mol. The smallest absolute Gasteiger partial charge is 0.334 e. The first-order valence-electron chi connectivity index (χ1n) is 15.3. The van der Waals surface area contributed by atoms with Crippen LogP contribution < -0.4 is 5.32 Å². The fraction of sp³-hybridized carbons (Fsp3) is 0.378. The number of hydrogen-bond acceptors (Lipinski definition) is 2. The molecule has 4 aromatic carbocycles. The van der Waals surface area contributed by atoms with E-state index in [1.165, 1.54) is 29.2 Å². The second-order valence-corrected chi connectivity index (χ2v) is 13.0. The van der Waals surface area contributed by atoms with Crippen molar-refractivity contribution in [1.82, 2.24) is 10.2 Å². The summed E-state index contributed by atoms with van der Waals surface area (Å²) in [5.74, 6) is -0.234. The Bertz CT molecular complexity index is 1560. The number of carbonyl (C=O) groups excluding carboxylic acids is 1. The summed E-state index contributed by atoms with van der Waals surface area (Å²) < 4.78 is 79.2. The molecule has 0 aromatic heterocycles. The summed E-state index contributed by atoms with van der Waals surface area (Å²) in [6.07, 6.45) is -8.11. The second-order valence-electron chi connectivity index (χ2n) is 13.0. The predicted octanol–water partition coefficient (Wildman–Crippen LogP) is 10.3. The average Bonchev–Trinajstić information content (AvgIpc) is 2.99. The van der Waals surface area contributed by atoms with Crippen molar-refractivity contribution in [2.75, 3.05) is 0 Å². The Balaban J connectivity index is 1.60. The number of amides is 1. The number of fused-ring (bicyclic) bond motifs is 1. The molecule has 0 bridgehead atoms. The molecule has 0 aliphatic carbocycles. The number of hydrogen-bond donors (Lipinski definition) is 1. The second kappa shape index (κ2) is 13.5. The van der Waals surface area contributed by atoms with Gasteiger partial charge in [0.25, 0.3) is 0 Å². The van der Waals surface area contributed by atoms with Gasteiger partial charge >= 0.3 is 12.4 Å². The van der Waals surface area contributed by atoms with E-state index in [9.17, 15) is 31.1 Å². The normalized spacial score (nSPS) is 14.6. The maximum atomic E-state index is 14.4. The Kier molecular flexibility index (Phi) is 10.3. The maximum absolute atomic E-state index is 14.4. The summed E-state index contributed by atoms with van der Waals surface area (Å²) >= 11 is 0. The van der Waals surface area contributed by atoms with Crippen LogP contribution in [0.3, 0.4) is 0 Å². The number of halogens is 6. The van der Waals surface area contributed by atoms with Crippen LogP contribution in [0.2, 0.25) is 0 Å². The first-order valence-corrected chi connectivity index (χ1v) is 15.3. The first-order chi connectivity index (χ1) is 21.4. The van der Waals surface area contributed by atoms with Gasteiger partial charge in [-0.25, -0.2) is 0 Å². The molecule has 246 valence electrons. The maximum Gasteiger partial charge on any atom is 0.416 e. The number of benzene rings is 4. The summed E-state index contributed by atoms with van der Waals surface area (Å²) in [5.41, 5.74) is -0.936. The molecule has 0 radical (unpaired) electrons. The van der Waals surface area contributed by atoms with Gasteiger partial charge < -0.3 is 10.2 Å². The topological polar surface area (TPSA) is 32.3 Å². The first kappa shape index (κ1) is 35.0. The Hall–Kier alpha value is -3.85. The Labute approximate surface area is 266 Å². The lowest BCUT2D eigenvalue weighted by Crippen LogP contribution is -2.50. The zero-order valence-corrected chi connectivity index (χ0v) is 26.7. The lowest BCUT2D eigenvalue weighted by molar-refractivity contribution is -0.144. The molecule has 4 rings (SSSR count). The molecule has 0 aliphatic heterocycles. The lowest BCUT2D eigenvalue weighted by atomic mass is 9.75. The van der Waals surface area contributed by atoms with Crippen LogP contribution in [0.1, 0.15) is 81.3 Å². The van der Waals surface area contributed by atoms with Gasteiger partial charge in [0.2, 0.25) is 5.91 Å². The lowest BCUT2D eigenvalue weighted by Gasteiger charge is -2.41. The largest absolute Gasteiger partial charge is 0.416 e. The zero-order chi connectivity index (χ0) is 33.9. The number of carbonyl (C=O) groups is 1. The minimum absolute atomic E-state index is 0.00610. The molecule has 46 heavy (non-hydrogen) atoms. The molecular formula is C37H40F6N2O. The molecule has 2 atom stereocenters. The van der Waals surface area contributed by atoms with Crippen LogP contribution >= 0.6 is 0 Å². The number of nitrogens with one attached hydrogen (secondary N) is 1. The van der Waals surface area contributed by atoms with Crippen molar-refractivity contribution in [2.24, 2.45) is 5.41 Å². The third-order valence-electron chi connectivity index (χ3n) is 8.62. The van der Waals surface area contributed by atoms with E-state index >= 15 is 0 Å². The van der Waals surface area contributed by atoms with Gasteiger partial charge in [0, 0.05) is 30.1 Å². The van der Waals surface area contributed by atoms with E-state index < -0.39 is 34.4 Å². The van der Waals surface area contributed by atoms with Crippen LogP contribution in [0.4, 0.5) is 26.3 Å². The summed E-state index contributed by atoms with van der Waals surface area (Å²) in [5, 5.41) is 5.97. The van der Waals surface area contributed by atoms with Crippen LogP contribution in [-0.4, -0.2) is 16.3 Å². The fourth-order valence-electron chi connectivity index (χ4n) is 6.29. The quantitative estimate of drug-likeness (QED) is 0.165. The average molecular weight is 643 g/mol. The predicted molar refractivity (Wildman–Crippen MR) is 170 cm³/mol. The van der Waals surface area contributed by atoms with Crippen molar-refractivity contribution in [3.63, 3.8) is 0 Å². The van der Waals surface area contributed by atoms with Crippen LogP contribution in [-0.2, 0) is 30.2 Å². The van der Waals surface area contributed by atoms with Crippen molar-refractivity contribution >= 4 is 16.7 Å². The van der Waals surface area contributed by atoms with Crippen molar-refractivity contribution in [1.29, 1.82) is 0 Å². The molecule has 0 spiro atoms. The molecule has 1 N–H and O–H groups in total. The van der Waals surface area contributed by atoms with E-state index in [0.29, 0.717) is 24.0 Å². The van der Waals surface area contributed by atoms with Gasteiger partial charge in [0.1, 0.15) is 0 Å². The Morgan fingerprint density at radius 1 is 0.717 bits per heavy atom. The summed E-state index contributed by atoms with van der Waals surface area (Å²) in [6, 6.07) is 23.4. The van der Waals surface area contributed by atoms with Crippen molar-refractivity contribution in [2.45, 2.75) is 84.5 Å². The highest BCUT2D eigenvalue weighted by molar-refractivity contribution is 5.86. The minimum Gasteiger partial charge on any atom is -0.334 e. The molecule has 4 aromatic rings. The summed E-state index contributed by atoms with van der Waals surface area (Å²) in [4.78, 5) is 15.9. The molecule has 0 aliphatic rings. The standard InChI is InChI=1S/C37H40F6N2O/c1-6-35(5,24-34(3,4)44-25(2)31-13-9-11-28-10-7-8-12-32(28)31)33(46)45(22-26-14-18-29(19-15-26)36(38,39)40)23-27-16-20-30(21-17-27)37(41,42)43/h7-21,25,44H,6,22-24H2,1-5H3/t25-,35?/m1/s1. The van der Waals surface area contributed by atoms with E-state index in [-0.39, 0.29) is 25.0 Å². The van der Waals surface area contributed by atoms with Gasteiger partial charge in [-0.2, -0.15) is 26.3 Å². The molecule has 9 heteroatoms. The van der Waals surface area contributed by atoms with Gasteiger partial charge in [-0.1, -0.05) is 80.6 Å². The molecule has 0 saturated carbocycles. The summed E-state index contributed by atoms with van der Waals surface area (Å²) in [7, 11) is 0. The van der Waals surface area contributed by atoms with Crippen molar-refractivity contribution in [3.05, 3.63) is 119 Å². The van der Waals surface area contributed by atoms with E-state index in [4.69, 9.17) is 0 Å². The number of alkyl halides is 6. The minimum atomic E-state index is -4.50. The van der Waals surface area contributed by atoms with Gasteiger partial charge in [-0.15, -0.1) is 0 Å². The van der Waals surface area contributed by atoms with E-state index in [0.717, 1.165) is 40.6 Å². The molecule has 1 unspecified atom stereocenters. The Morgan fingerprint density at radius 2 is 1.20 bits per heavy atom. The van der Waals surface area contributed by atoms with Crippen LogP contribution in [0.25, 0.3) is 10.8 Å². The van der Waals surface area contributed by atoms with E-state index in [2.05, 4.69) is 36.5 Å². The third-order valence-corrected chi connectivity index (χ3v) is 8.62. The van der Waals surface area contributed by atoms with Crippen molar-refractivity contribution < 1.29 is 31.1 Å². The molecular weight excluding hydrogens is 602 g/mol. The molecule has 3 nitrogen and oxygen atoms in total.